The molecule has 1 aromatic rings. The number of aryl methyl sites for hydroxylation is 2. The summed E-state index contributed by atoms with van der Waals surface area (Å²) in [6.07, 6.45) is 2.58. The van der Waals surface area contributed by atoms with Crippen molar-refractivity contribution in [2.75, 3.05) is 11.9 Å². The van der Waals surface area contributed by atoms with E-state index in [2.05, 4.69) is 43.1 Å². The van der Waals surface area contributed by atoms with E-state index < -0.39 is 0 Å². The first-order valence-electron chi connectivity index (χ1n) is 6.22. The molecule has 1 saturated heterocycles. The van der Waals surface area contributed by atoms with E-state index >= 15 is 0 Å². The topological polar surface area (TPSA) is 15.3 Å². The number of fused-ring (bicyclic) bond motifs is 2. The van der Waals surface area contributed by atoms with Crippen LogP contribution in [0.1, 0.15) is 36.5 Å². The van der Waals surface area contributed by atoms with Gasteiger partial charge in [-0.2, -0.15) is 0 Å². The van der Waals surface area contributed by atoms with Gasteiger partial charge in [-0.05, 0) is 44.7 Å². The van der Waals surface area contributed by atoms with E-state index in [4.69, 9.17) is 0 Å². The zero-order valence-corrected chi connectivity index (χ0v) is 10.4. The molecule has 2 nitrogen and oxygen atoms in total. The third-order valence-electron chi connectivity index (χ3n) is 4.11. The zero-order chi connectivity index (χ0) is 11.3. The summed E-state index contributed by atoms with van der Waals surface area (Å²) < 4.78 is 0. The van der Waals surface area contributed by atoms with Gasteiger partial charge in [0, 0.05) is 18.8 Å². The molecule has 0 saturated carbocycles. The van der Waals surface area contributed by atoms with Gasteiger partial charge in [-0.15, -0.1) is 0 Å². The Hall–Kier alpha value is -1.02. The second-order valence-corrected chi connectivity index (χ2v) is 5.54. The summed E-state index contributed by atoms with van der Waals surface area (Å²) in [5.74, 6) is 0. The highest BCUT2D eigenvalue weighted by molar-refractivity contribution is 5.61. The Morgan fingerprint density at radius 2 is 2.12 bits per heavy atom. The SMILES string of the molecule is Cc1cc(C)c2c(c1)CN1CCCC1(C)N2. The number of hydrogen-bond acceptors (Lipinski definition) is 2. The highest BCUT2D eigenvalue weighted by Gasteiger charge is 2.40. The maximum Gasteiger partial charge on any atom is 0.0881 e. The van der Waals surface area contributed by atoms with Crippen molar-refractivity contribution in [1.29, 1.82) is 0 Å². The minimum absolute atomic E-state index is 0.201. The Morgan fingerprint density at radius 3 is 2.94 bits per heavy atom. The van der Waals surface area contributed by atoms with Crippen LogP contribution in [0.3, 0.4) is 0 Å². The van der Waals surface area contributed by atoms with Crippen molar-refractivity contribution in [3.8, 4) is 0 Å². The van der Waals surface area contributed by atoms with Crippen LogP contribution in [0.25, 0.3) is 0 Å². The van der Waals surface area contributed by atoms with Crippen molar-refractivity contribution in [1.82, 2.24) is 4.90 Å². The first-order valence-corrected chi connectivity index (χ1v) is 6.22. The van der Waals surface area contributed by atoms with Gasteiger partial charge in [0.05, 0.1) is 5.66 Å². The lowest BCUT2D eigenvalue weighted by Gasteiger charge is -2.42. The highest BCUT2D eigenvalue weighted by atomic mass is 15.3. The molecule has 86 valence electrons. The van der Waals surface area contributed by atoms with E-state index in [-0.39, 0.29) is 5.66 Å². The third-order valence-corrected chi connectivity index (χ3v) is 4.11. The largest absolute Gasteiger partial charge is 0.367 e. The summed E-state index contributed by atoms with van der Waals surface area (Å²) in [6, 6.07) is 4.60. The van der Waals surface area contributed by atoms with E-state index in [1.54, 1.807) is 0 Å². The van der Waals surface area contributed by atoms with E-state index in [0.717, 1.165) is 6.54 Å². The molecular formula is C14H20N2. The fourth-order valence-corrected chi connectivity index (χ4v) is 3.25. The van der Waals surface area contributed by atoms with Gasteiger partial charge in [0.1, 0.15) is 0 Å². The molecule has 1 fully saturated rings. The molecule has 2 heterocycles. The van der Waals surface area contributed by atoms with Gasteiger partial charge in [-0.3, -0.25) is 4.90 Å². The van der Waals surface area contributed by atoms with Crippen molar-refractivity contribution in [3.05, 3.63) is 28.8 Å². The Bertz CT molecular complexity index is 439. The maximum absolute atomic E-state index is 3.76. The molecule has 1 aromatic carbocycles. The van der Waals surface area contributed by atoms with Crippen molar-refractivity contribution in [2.45, 2.75) is 45.8 Å². The first-order chi connectivity index (χ1) is 7.58. The maximum atomic E-state index is 3.76. The molecule has 2 heteroatoms. The van der Waals surface area contributed by atoms with Crippen LogP contribution < -0.4 is 5.32 Å². The summed E-state index contributed by atoms with van der Waals surface area (Å²) in [4.78, 5) is 2.58. The van der Waals surface area contributed by atoms with Gasteiger partial charge in [-0.1, -0.05) is 17.7 Å². The molecule has 0 aliphatic carbocycles. The van der Waals surface area contributed by atoms with Crippen LogP contribution >= 0.6 is 0 Å². The van der Waals surface area contributed by atoms with Crippen molar-refractivity contribution in [2.24, 2.45) is 0 Å². The van der Waals surface area contributed by atoms with Crippen LogP contribution in [0.15, 0.2) is 12.1 Å². The van der Waals surface area contributed by atoms with Gasteiger partial charge < -0.3 is 5.32 Å². The van der Waals surface area contributed by atoms with Crippen LogP contribution in [-0.2, 0) is 6.54 Å². The summed E-state index contributed by atoms with van der Waals surface area (Å²) >= 11 is 0. The number of benzene rings is 1. The summed E-state index contributed by atoms with van der Waals surface area (Å²) in [6.45, 7) is 9.08. The Labute approximate surface area is 97.6 Å². The van der Waals surface area contributed by atoms with Gasteiger partial charge in [-0.25, -0.2) is 0 Å². The average molecular weight is 216 g/mol. The fraction of sp³-hybridized carbons (Fsp3) is 0.571. The lowest BCUT2D eigenvalue weighted by atomic mass is 9.97. The summed E-state index contributed by atoms with van der Waals surface area (Å²) in [5.41, 5.74) is 5.82. The minimum Gasteiger partial charge on any atom is -0.367 e. The van der Waals surface area contributed by atoms with Crippen LogP contribution in [0, 0.1) is 13.8 Å². The lowest BCUT2D eigenvalue weighted by molar-refractivity contribution is 0.165. The fourth-order valence-electron chi connectivity index (χ4n) is 3.25. The second kappa shape index (κ2) is 3.24. The molecule has 0 bridgehead atoms. The van der Waals surface area contributed by atoms with Gasteiger partial charge in [0.15, 0.2) is 0 Å². The molecule has 0 amide bonds. The molecular weight excluding hydrogens is 196 g/mol. The average Bonchev–Trinajstić information content (AvgIpc) is 2.56. The summed E-state index contributed by atoms with van der Waals surface area (Å²) in [5, 5.41) is 3.76. The van der Waals surface area contributed by atoms with E-state index in [0.29, 0.717) is 0 Å². The van der Waals surface area contributed by atoms with Crippen molar-refractivity contribution in [3.63, 3.8) is 0 Å². The predicted molar refractivity (Wildman–Crippen MR) is 67.6 cm³/mol. The third kappa shape index (κ3) is 1.36. The molecule has 0 aromatic heterocycles. The number of nitrogens with zero attached hydrogens (tertiary/aromatic N) is 1. The van der Waals surface area contributed by atoms with Crippen LogP contribution in [0.4, 0.5) is 5.69 Å². The van der Waals surface area contributed by atoms with Crippen LogP contribution in [-0.4, -0.2) is 17.1 Å². The van der Waals surface area contributed by atoms with E-state index in [1.165, 1.54) is 41.8 Å². The van der Waals surface area contributed by atoms with Crippen LogP contribution in [0.5, 0.6) is 0 Å². The van der Waals surface area contributed by atoms with E-state index in [1.807, 2.05) is 0 Å². The number of hydrogen-bond donors (Lipinski definition) is 1. The van der Waals surface area contributed by atoms with Gasteiger partial charge >= 0.3 is 0 Å². The predicted octanol–water partition coefficient (Wildman–Crippen LogP) is 3.04. The summed E-state index contributed by atoms with van der Waals surface area (Å²) in [7, 11) is 0. The number of nitrogens with one attached hydrogen (secondary N) is 1. The van der Waals surface area contributed by atoms with Crippen LogP contribution in [0.2, 0.25) is 0 Å². The Kier molecular flexibility index (Phi) is 2.05. The standard InChI is InChI=1S/C14H20N2/c1-10-7-11(2)13-12(8-10)9-16-6-4-5-14(16,3)15-13/h7-8,15H,4-6,9H2,1-3H3. The molecule has 0 spiro atoms. The van der Waals surface area contributed by atoms with E-state index in [9.17, 15) is 0 Å². The molecule has 0 radical (unpaired) electrons. The molecule has 1 unspecified atom stereocenters. The van der Waals surface area contributed by atoms with Gasteiger partial charge in [0.2, 0.25) is 0 Å². The number of anilines is 1. The molecule has 1 N–H and O–H groups in total. The molecule has 1 atom stereocenters. The second-order valence-electron chi connectivity index (χ2n) is 5.54. The normalized spacial score (nSPS) is 28.4. The Balaban J connectivity index is 2.08. The number of rotatable bonds is 0. The van der Waals surface area contributed by atoms with Crippen molar-refractivity contribution < 1.29 is 0 Å². The molecule has 2 aliphatic rings. The lowest BCUT2D eigenvalue weighted by Crippen LogP contribution is -2.50. The van der Waals surface area contributed by atoms with Gasteiger partial charge in [0.25, 0.3) is 0 Å². The minimum atomic E-state index is 0.201. The quantitative estimate of drug-likeness (QED) is 0.717. The zero-order valence-electron chi connectivity index (χ0n) is 10.4. The van der Waals surface area contributed by atoms with Crippen molar-refractivity contribution >= 4 is 5.69 Å². The molecule has 3 rings (SSSR count). The highest BCUT2D eigenvalue weighted by Crippen LogP contribution is 2.39. The Morgan fingerprint density at radius 1 is 1.31 bits per heavy atom. The smallest absolute Gasteiger partial charge is 0.0881 e. The first kappa shape index (κ1) is 10.2. The molecule has 16 heavy (non-hydrogen) atoms. The molecule has 2 aliphatic heterocycles. The monoisotopic (exact) mass is 216 g/mol.